The van der Waals surface area contributed by atoms with E-state index >= 15 is 0 Å². The molecule has 0 aromatic heterocycles. The van der Waals surface area contributed by atoms with Crippen molar-refractivity contribution < 1.29 is 13.0 Å². The van der Waals surface area contributed by atoms with Crippen molar-refractivity contribution in [2.24, 2.45) is 0 Å². The molecule has 2 rings (SSSR count). The summed E-state index contributed by atoms with van der Waals surface area (Å²) in [4.78, 5) is -0.0666. The zero-order valence-electron chi connectivity index (χ0n) is 13.2. The van der Waals surface area contributed by atoms with Gasteiger partial charge in [-0.3, -0.25) is 4.55 Å². The van der Waals surface area contributed by atoms with Crippen LogP contribution in [0.15, 0.2) is 53.4 Å². The molecule has 0 saturated heterocycles. The first-order chi connectivity index (χ1) is 10.00. The molecule has 1 N–H and O–H groups in total. The quantitative estimate of drug-likeness (QED) is 0.519. The first-order valence-electron chi connectivity index (χ1n) is 6.80. The van der Waals surface area contributed by atoms with Gasteiger partial charge >= 0.3 is 0 Å². The second-order valence-electron chi connectivity index (χ2n) is 6.05. The smallest absolute Gasteiger partial charge is 0.282 e. The van der Waals surface area contributed by atoms with E-state index in [2.05, 4.69) is 67.6 Å². The molecule has 22 heavy (non-hydrogen) atoms. The number of aryl methyl sites for hydroxylation is 1. The van der Waals surface area contributed by atoms with E-state index in [-0.39, 0.29) is 10.3 Å². The fourth-order valence-corrected chi connectivity index (χ4v) is 2.50. The highest BCUT2D eigenvalue weighted by Crippen LogP contribution is 2.22. The zero-order chi connectivity index (χ0) is 17.0. The van der Waals surface area contributed by atoms with E-state index in [0.29, 0.717) is 0 Å². The van der Waals surface area contributed by atoms with Crippen LogP contribution in [0.25, 0.3) is 0 Å². The summed E-state index contributed by atoms with van der Waals surface area (Å²) in [7, 11) is -4.02. The van der Waals surface area contributed by atoms with Crippen molar-refractivity contribution in [1.82, 2.24) is 0 Å². The highest BCUT2D eigenvalue weighted by atomic mass is 127. The van der Waals surface area contributed by atoms with Crippen LogP contribution in [0.4, 0.5) is 0 Å². The standard InChI is InChI=1S/C10H13I.C7H8O3S/c1-10(2,3)8-4-6-9(11)7-5-8;1-6-2-4-7(5-3-6)11(8,9)10/h4-7H,1-3H3;2-5H,1H3,(H,8,9,10). The lowest BCUT2D eigenvalue weighted by Gasteiger charge is -2.18. The van der Waals surface area contributed by atoms with E-state index < -0.39 is 10.1 Å². The summed E-state index contributed by atoms with van der Waals surface area (Å²) in [6, 6.07) is 14.7. The Morgan fingerprint density at radius 1 is 0.909 bits per heavy atom. The van der Waals surface area contributed by atoms with Crippen LogP contribution in [0.3, 0.4) is 0 Å². The SMILES string of the molecule is CC(C)(C)c1ccc(I)cc1.Cc1ccc(S(=O)(=O)O)cc1. The minimum atomic E-state index is -4.02. The zero-order valence-corrected chi connectivity index (χ0v) is 16.1. The van der Waals surface area contributed by atoms with Gasteiger partial charge in [0.25, 0.3) is 10.1 Å². The van der Waals surface area contributed by atoms with Crippen LogP contribution in [0.1, 0.15) is 31.9 Å². The third-order valence-corrected chi connectivity index (χ3v) is 4.62. The third-order valence-electron chi connectivity index (χ3n) is 3.03. The van der Waals surface area contributed by atoms with Gasteiger partial charge in [-0.2, -0.15) is 8.42 Å². The van der Waals surface area contributed by atoms with Crippen LogP contribution in [-0.2, 0) is 15.5 Å². The maximum atomic E-state index is 10.5. The van der Waals surface area contributed by atoms with E-state index in [1.165, 1.54) is 21.3 Å². The lowest BCUT2D eigenvalue weighted by atomic mass is 9.87. The van der Waals surface area contributed by atoms with Crippen LogP contribution in [0.2, 0.25) is 0 Å². The molecule has 0 saturated carbocycles. The van der Waals surface area contributed by atoms with Crippen LogP contribution < -0.4 is 0 Å². The first-order valence-corrected chi connectivity index (χ1v) is 9.32. The Kier molecular flexibility index (Phi) is 6.58. The molecule has 0 amide bonds. The molecule has 0 atom stereocenters. The average molecular weight is 432 g/mol. The van der Waals surface area contributed by atoms with Crippen molar-refractivity contribution >= 4 is 32.7 Å². The highest BCUT2D eigenvalue weighted by molar-refractivity contribution is 14.1. The molecule has 120 valence electrons. The van der Waals surface area contributed by atoms with Gasteiger partial charge in [0.05, 0.1) is 4.90 Å². The molecule has 0 spiro atoms. The predicted molar refractivity (Wildman–Crippen MR) is 98.9 cm³/mol. The van der Waals surface area contributed by atoms with Crippen LogP contribution in [0.5, 0.6) is 0 Å². The normalized spacial score (nSPS) is 11.5. The molecule has 0 aliphatic heterocycles. The van der Waals surface area contributed by atoms with Gasteiger partial charge in [0.1, 0.15) is 0 Å². The van der Waals surface area contributed by atoms with Gasteiger partial charge in [-0.05, 0) is 64.8 Å². The highest BCUT2D eigenvalue weighted by Gasteiger charge is 2.12. The van der Waals surface area contributed by atoms with Gasteiger partial charge in [0.15, 0.2) is 0 Å². The Labute approximate surface area is 146 Å². The Balaban J connectivity index is 0.000000220. The summed E-state index contributed by atoms with van der Waals surface area (Å²) in [6.45, 7) is 8.54. The number of rotatable bonds is 1. The second kappa shape index (κ2) is 7.57. The molecule has 5 heteroatoms. The Morgan fingerprint density at radius 3 is 1.73 bits per heavy atom. The second-order valence-corrected chi connectivity index (χ2v) is 8.71. The summed E-state index contributed by atoms with van der Waals surface area (Å²) in [5, 5.41) is 0. The van der Waals surface area contributed by atoms with E-state index in [9.17, 15) is 8.42 Å². The lowest BCUT2D eigenvalue weighted by Crippen LogP contribution is -2.10. The molecule has 0 aliphatic rings. The maximum absolute atomic E-state index is 10.5. The molecule has 3 nitrogen and oxygen atoms in total. The molecular weight excluding hydrogens is 411 g/mol. The third kappa shape index (κ3) is 6.46. The summed E-state index contributed by atoms with van der Waals surface area (Å²) in [5.41, 5.74) is 2.64. The Hall–Kier alpha value is -0.920. The summed E-state index contributed by atoms with van der Waals surface area (Å²) in [5.74, 6) is 0. The molecule has 0 bridgehead atoms. The molecule has 2 aromatic rings. The van der Waals surface area contributed by atoms with E-state index in [1.807, 2.05) is 6.92 Å². The van der Waals surface area contributed by atoms with Crippen molar-refractivity contribution in [3.63, 3.8) is 0 Å². The van der Waals surface area contributed by atoms with Gasteiger partial charge in [0.2, 0.25) is 0 Å². The molecule has 0 heterocycles. The van der Waals surface area contributed by atoms with Crippen molar-refractivity contribution in [2.45, 2.75) is 38.0 Å². The minimum Gasteiger partial charge on any atom is -0.282 e. The summed E-state index contributed by atoms with van der Waals surface area (Å²) >= 11 is 2.32. The van der Waals surface area contributed by atoms with Gasteiger partial charge in [-0.15, -0.1) is 0 Å². The van der Waals surface area contributed by atoms with E-state index in [1.54, 1.807) is 12.1 Å². The van der Waals surface area contributed by atoms with Crippen molar-refractivity contribution in [2.75, 3.05) is 0 Å². The van der Waals surface area contributed by atoms with Gasteiger partial charge in [-0.1, -0.05) is 50.6 Å². The van der Waals surface area contributed by atoms with Gasteiger partial charge in [0, 0.05) is 3.57 Å². The molecular formula is C17H21IO3S. The first kappa shape index (κ1) is 19.1. The fraction of sp³-hybridized carbons (Fsp3) is 0.294. The molecule has 0 fully saturated rings. The number of benzene rings is 2. The Bertz CT molecular complexity index is 697. The van der Waals surface area contributed by atoms with Gasteiger partial charge in [-0.25, -0.2) is 0 Å². The van der Waals surface area contributed by atoms with Crippen LogP contribution in [0, 0.1) is 10.5 Å². The monoisotopic (exact) mass is 432 g/mol. The number of hydrogen-bond donors (Lipinski definition) is 1. The van der Waals surface area contributed by atoms with Crippen molar-refractivity contribution in [1.29, 1.82) is 0 Å². The lowest BCUT2D eigenvalue weighted by molar-refractivity contribution is 0.483. The summed E-state index contributed by atoms with van der Waals surface area (Å²) < 4.78 is 30.9. The molecule has 2 aromatic carbocycles. The molecule has 0 aliphatic carbocycles. The molecule has 0 radical (unpaired) electrons. The maximum Gasteiger partial charge on any atom is 0.294 e. The van der Waals surface area contributed by atoms with E-state index in [4.69, 9.17) is 4.55 Å². The topological polar surface area (TPSA) is 54.4 Å². The van der Waals surface area contributed by atoms with E-state index in [0.717, 1.165) is 5.56 Å². The average Bonchev–Trinajstić information content (AvgIpc) is 2.38. The fourth-order valence-electron chi connectivity index (χ4n) is 1.66. The van der Waals surface area contributed by atoms with Gasteiger partial charge < -0.3 is 0 Å². The summed E-state index contributed by atoms with van der Waals surface area (Å²) in [6.07, 6.45) is 0. The largest absolute Gasteiger partial charge is 0.294 e. The minimum absolute atomic E-state index is 0.0666. The predicted octanol–water partition coefficient (Wildman–Crippen LogP) is 4.83. The van der Waals surface area contributed by atoms with Crippen LogP contribution >= 0.6 is 22.6 Å². The van der Waals surface area contributed by atoms with Crippen molar-refractivity contribution in [3.05, 3.63) is 63.2 Å². The number of hydrogen-bond acceptors (Lipinski definition) is 2. The number of halogens is 1. The molecule has 0 unspecified atom stereocenters. The van der Waals surface area contributed by atoms with Crippen molar-refractivity contribution in [3.8, 4) is 0 Å². The van der Waals surface area contributed by atoms with Crippen LogP contribution in [-0.4, -0.2) is 13.0 Å². The Morgan fingerprint density at radius 2 is 1.36 bits per heavy atom.